The second kappa shape index (κ2) is 7.85. The van der Waals surface area contributed by atoms with Gasteiger partial charge in [0.05, 0.1) is 5.92 Å². The third-order valence-electron chi connectivity index (χ3n) is 4.53. The van der Waals surface area contributed by atoms with Crippen LogP contribution in [0.25, 0.3) is 0 Å². The summed E-state index contributed by atoms with van der Waals surface area (Å²) in [6, 6.07) is 0. The Morgan fingerprint density at radius 2 is 2.11 bits per heavy atom. The van der Waals surface area contributed by atoms with E-state index < -0.39 is 12.1 Å². The van der Waals surface area contributed by atoms with Gasteiger partial charge in [-0.1, -0.05) is 12.7 Å². The molecule has 2 aliphatic rings. The maximum atomic E-state index is 13.8. The first kappa shape index (κ1) is 16.4. The summed E-state index contributed by atoms with van der Waals surface area (Å²) in [7, 11) is 2.60. The fraction of sp³-hybridized carbons (Fsp3) is 0.923. The van der Waals surface area contributed by atoms with Gasteiger partial charge >= 0.3 is 5.97 Å². The van der Waals surface area contributed by atoms with Crippen LogP contribution in [-0.2, 0) is 4.79 Å². The topological polar surface area (TPSA) is 83.6 Å². The van der Waals surface area contributed by atoms with Crippen LogP contribution in [0, 0.1) is 23.7 Å². The van der Waals surface area contributed by atoms with Crippen molar-refractivity contribution in [2.45, 2.75) is 44.6 Å². The van der Waals surface area contributed by atoms with Crippen LogP contribution < -0.4 is 5.73 Å². The van der Waals surface area contributed by atoms with Crippen molar-refractivity contribution in [2.24, 2.45) is 29.4 Å². The lowest BCUT2D eigenvalue weighted by molar-refractivity contribution is -0.143. The maximum Gasteiger partial charge on any atom is 0.306 e. The highest BCUT2D eigenvalue weighted by Crippen LogP contribution is 2.53. The van der Waals surface area contributed by atoms with Crippen LogP contribution in [0.15, 0.2) is 0 Å². The lowest BCUT2D eigenvalue weighted by Crippen LogP contribution is -2.26. The van der Waals surface area contributed by atoms with E-state index in [-0.39, 0.29) is 23.7 Å². The van der Waals surface area contributed by atoms with E-state index >= 15 is 0 Å². The number of rotatable bonds is 5. The predicted molar refractivity (Wildman–Crippen MR) is 72.5 cm³/mol. The summed E-state index contributed by atoms with van der Waals surface area (Å²) in [5, 5.41) is 17.8. The van der Waals surface area contributed by atoms with Crippen molar-refractivity contribution < 1.29 is 19.3 Å². The van der Waals surface area contributed by atoms with Gasteiger partial charge in [0.25, 0.3) is 7.48 Å². The molecule has 0 saturated heterocycles. The molecule has 0 bridgehead atoms. The lowest BCUT2D eigenvalue weighted by Gasteiger charge is -2.23. The second-order valence-corrected chi connectivity index (χ2v) is 5.39. The number of hydrogen-bond acceptors (Lipinski definition) is 3. The van der Waals surface area contributed by atoms with Gasteiger partial charge in [-0.15, -0.1) is 0 Å². The van der Waals surface area contributed by atoms with Gasteiger partial charge in [0.1, 0.15) is 6.17 Å². The van der Waals surface area contributed by atoms with Crippen LogP contribution in [0.2, 0.25) is 6.32 Å². The molecule has 2 rings (SSSR count). The van der Waals surface area contributed by atoms with Gasteiger partial charge < -0.3 is 15.9 Å². The number of alkyl halides is 1. The van der Waals surface area contributed by atoms with Crippen LogP contribution in [0.5, 0.6) is 0 Å². The quantitative estimate of drug-likeness (QED) is 0.522. The molecule has 109 valence electrons. The predicted octanol–water partition coefficient (Wildman–Crippen LogP) is 1.46. The minimum atomic E-state index is -0.813. The first-order valence-electron chi connectivity index (χ1n) is 7.05. The van der Waals surface area contributed by atoms with E-state index in [0.717, 1.165) is 26.7 Å². The van der Waals surface area contributed by atoms with E-state index in [1.807, 2.05) is 0 Å². The van der Waals surface area contributed by atoms with Gasteiger partial charge in [0.15, 0.2) is 0 Å². The van der Waals surface area contributed by atoms with Crippen molar-refractivity contribution in [1.29, 1.82) is 0 Å². The Labute approximate surface area is 114 Å². The molecule has 1 radical (unpaired) electrons. The molecule has 5 unspecified atom stereocenters. The molecule has 0 heterocycles. The highest BCUT2D eigenvalue weighted by Gasteiger charge is 2.52. The zero-order valence-corrected chi connectivity index (χ0v) is 11.5. The zero-order chi connectivity index (χ0) is 14.4. The molecule has 4 nitrogen and oxygen atoms in total. The number of fused-ring (bicyclic) bond motifs is 1. The Morgan fingerprint density at radius 3 is 2.68 bits per heavy atom. The third kappa shape index (κ3) is 3.69. The molecule has 5 atom stereocenters. The van der Waals surface area contributed by atoms with Crippen LogP contribution in [0.3, 0.4) is 0 Å². The molecule has 2 fully saturated rings. The lowest BCUT2D eigenvalue weighted by atomic mass is 9.80. The number of carbonyl (C=O) groups is 1. The Bertz CT molecular complexity index is 293. The Morgan fingerprint density at radius 1 is 1.42 bits per heavy atom. The van der Waals surface area contributed by atoms with Gasteiger partial charge in [0.2, 0.25) is 0 Å². The summed E-state index contributed by atoms with van der Waals surface area (Å²) in [4.78, 5) is 11.2. The molecular formula is C13H24BFNO3. The molecule has 4 N–H and O–H groups in total. The number of halogens is 1. The highest BCUT2D eigenvalue weighted by atomic mass is 19.1. The van der Waals surface area contributed by atoms with Gasteiger partial charge in [-0.3, -0.25) is 4.79 Å². The summed E-state index contributed by atoms with van der Waals surface area (Å²) in [6.07, 6.45) is 3.32. The Hall–Kier alpha value is -0.615. The molecule has 2 aliphatic carbocycles. The summed E-state index contributed by atoms with van der Waals surface area (Å²) in [6.45, 7) is 0. The van der Waals surface area contributed by atoms with Crippen molar-refractivity contribution >= 4 is 13.5 Å². The fourth-order valence-electron chi connectivity index (χ4n) is 3.84. The average molecular weight is 272 g/mol. The zero-order valence-electron chi connectivity index (χ0n) is 11.5. The SMILES string of the molecule is CN.O=C(O)C1CC2CCC(F)C2C1CCC[B]O. The molecular weight excluding hydrogens is 248 g/mol. The molecule has 0 amide bonds. The van der Waals surface area contributed by atoms with E-state index in [0.29, 0.717) is 19.2 Å². The molecule has 2 saturated carbocycles. The number of carboxylic acids is 1. The van der Waals surface area contributed by atoms with Crippen molar-refractivity contribution in [1.82, 2.24) is 0 Å². The van der Waals surface area contributed by atoms with Crippen LogP contribution >= 0.6 is 0 Å². The monoisotopic (exact) mass is 272 g/mol. The van der Waals surface area contributed by atoms with Crippen LogP contribution in [0.4, 0.5) is 4.39 Å². The van der Waals surface area contributed by atoms with Crippen LogP contribution in [-0.4, -0.2) is 36.8 Å². The van der Waals surface area contributed by atoms with Gasteiger partial charge in [-0.2, -0.15) is 0 Å². The summed E-state index contributed by atoms with van der Waals surface area (Å²) < 4.78 is 13.8. The van der Waals surface area contributed by atoms with E-state index in [1.165, 1.54) is 7.05 Å². The highest BCUT2D eigenvalue weighted by molar-refractivity contribution is 6.25. The van der Waals surface area contributed by atoms with Crippen molar-refractivity contribution in [3.05, 3.63) is 0 Å². The minimum absolute atomic E-state index is 0.0325. The Kier molecular flexibility index (Phi) is 6.79. The molecule has 0 aromatic rings. The number of hydrogen-bond donors (Lipinski definition) is 3. The van der Waals surface area contributed by atoms with E-state index in [4.69, 9.17) is 5.02 Å². The van der Waals surface area contributed by atoms with E-state index in [9.17, 15) is 14.3 Å². The van der Waals surface area contributed by atoms with Crippen molar-refractivity contribution in [3.8, 4) is 0 Å². The van der Waals surface area contributed by atoms with E-state index in [1.54, 1.807) is 0 Å². The third-order valence-corrected chi connectivity index (χ3v) is 4.53. The normalized spacial score (nSPS) is 36.3. The second-order valence-electron chi connectivity index (χ2n) is 5.39. The molecule has 0 spiro atoms. The van der Waals surface area contributed by atoms with Gasteiger partial charge in [0, 0.05) is 0 Å². The largest absolute Gasteiger partial charge is 0.481 e. The van der Waals surface area contributed by atoms with Crippen molar-refractivity contribution in [2.75, 3.05) is 7.05 Å². The molecule has 19 heavy (non-hydrogen) atoms. The first-order chi connectivity index (χ1) is 9.15. The first-order valence-corrected chi connectivity index (χ1v) is 7.05. The fourth-order valence-corrected chi connectivity index (χ4v) is 3.84. The molecule has 0 aliphatic heterocycles. The molecule has 0 aromatic carbocycles. The standard InChI is InChI=1S/C12H19BFO3.CH5N/c14-10-4-3-7-6-9(12(15)16)8(11(7)10)2-1-5-13-17;1-2/h7-11,17H,1-6H2,(H,15,16);2H2,1H3. The summed E-state index contributed by atoms with van der Waals surface area (Å²) in [5.74, 6) is -0.953. The summed E-state index contributed by atoms with van der Waals surface area (Å²) in [5.41, 5.74) is 4.50. The number of nitrogens with two attached hydrogens (primary N) is 1. The van der Waals surface area contributed by atoms with Crippen molar-refractivity contribution in [3.63, 3.8) is 0 Å². The molecule has 6 heteroatoms. The number of aliphatic carboxylic acids is 1. The van der Waals surface area contributed by atoms with E-state index in [2.05, 4.69) is 5.73 Å². The molecule has 0 aromatic heterocycles. The average Bonchev–Trinajstić information content (AvgIpc) is 2.94. The number of carboxylic acid groups (broad SMARTS) is 1. The minimum Gasteiger partial charge on any atom is -0.481 e. The Balaban J connectivity index is 0.000000861. The van der Waals surface area contributed by atoms with Crippen LogP contribution in [0.1, 0.15) is 32.1 Å². The van der Waals surface area contributed by atoms with Gasteiger partial charge in [-0.05, 0) is 50.5 Å². The smallest absolute Gasteiger partial charge is 0.306 e. The summed E-state index contributed by atoms with van der Waals surface area (Å²) >= 11 is 0. The maximum absolute atomic E-state index is 13.8. The van der Waals surface area contributed by atoms with Gasteiger partial charge in [-0.25, -0.2) is 4.39 Å².